The van der Waals surface area contributed by atoms with Crippen LogP contribution in [-0.4, -0.2) is 13.0 Å². The molecule has 4 nitrogen and oxygen atoms in total. The number of hydrogen-bond acceptors (Lipinski definition) is 4. The van der Waals surface area contributed by atoms with E-state index in [0.29, 0.717) is 0 Å². The predicted octanol–water partition coefficient (Wildman–Crippen LogP) is 2.40. The summed E-state index contributed by atoms with van der Waals surface area (Å²) in [6, 6.07) is 10.6. The highest BCUT2D eigenvalue weighted by Gasteiger charge is 2.18. The highest BCUT2D eigenvalue weighted by molar-refractivity contribution is 7.10. The van der Waals surface area contributed by atoms with Gasteiger partial charge in [0.15, 0.2) is 0 Å². The van der Waals surface area contributed by atoms with Crippen molar-refractivity contribution in [1.29, 1.82) is 0 Å². The Morgan fingerprint density at radius 1 is 1.33 bits per heavy atom. The van der Waals surface area contributed by atoms with Gasteiger partial charge in [0, 0.05) is 10.6 Å². The van der Waals surface area contributed by atoms with Crippen molar-refractivity contribution in [2.75, 3.05) is 12.4 Å². The fourth-order valence-corrected chi connectivity index (χ4v) is 2.37. The second kappa shape index (κ2) is 5.55. The molecule has 18 heavy (non-hydrogen) atoms. The summed E-state index contributed by atoms with van der Waals surface area (Å²) in [5, 5.41) is 5.03. The molecule has 2 rings (SSSR count). The van der Waals surface area contributed by atoms with Crippen molar-refractivity contribution in [3.8, 4) is 5.75 Å². The Balaban J connectivity index is 2.16. The molecule has 0 aliphatic carbocycles. The van der Waals surface area contributed by atoms with Gasteiger partial charge in [0.25, 0.3) is 0 Å². The van der Waals surface area contributed by atoms with Crippen LogP contribution < -0.4 is 15.8 Å². The molecule has 1 aromatic heterocycles. The molecule has 0 fully saturated rings. The number of carbonyl (C=O) groups is 1. The van der Waals surface area contributed by atoms with E-state index in [1.54, 1.807) is 7.11 Å². The Morgan fingerprint density at radius 2 is 2.06 bits per heavy atom. The molecule has 0 spiro atoms. The van der Waals surface area contributed by atoms with Gasteiger partial charge in [-0.25, -0.2) is 0 Å². The summed E-state index contributed by atoms with van der Waals surface area (Å²) in [6.07, 6.45) is 0. The van der Waals surface area contributed by atoms with Crippen molar-refractivity contribution >= 4 is 22.9 Å². The minimum Gasteiger partial charge on any atom is -0.497 e. The number of ether oxygens (including phenoxy) is 1. The monoisotopic (exact) mass is 262 g/mol. The van der Waals surface area contributed by atoms with Gasteiger partial charge in [-0.2, -0.15) is 0 Å². The van der Waals surface area contributed by atoms with Crippen molar-refractivity contribution < 1.29 is 9.53 Å². The molecule has 0 aliphatic heterocycles. The second-order valence-electron chi connectivity index (χ2n) is 3.72. The lowest BCUT2D eigenvalue weighted by molar-refractivity contribution is -0.118. The first-order valence-electron chi connectivity index (χ1n) is 5.44. The SMILES string of the molecule is COc1ccc(NC(C(N)=O)c2cccs2)cc1. The van der Waals surface area contributed by atoms with E-state index in [9.17, 15) is 4.79 Å². The van der Waals surface area contributed by atoms with Gasteiger partial charge < -0.3 is 15.8 Å². The third-order valence-corrected chi connectivity index (χ3v) is 3.45. The lowest BCUT2D eigenvalue weighted by atomic mass is 10.2. The minimum atomic E-state index is -0.501. The zero-order chi connectivity index (χ0) is 13.0. The van der Waals surface area contributed by atoms with Gasteiger partial charge in [-0.3, -0.25) is 4.79 Å². The standard InChI is InChI=1S/C13H14N2O2S/c1-17-10-6-4-9(5-7-10)15-12(13(14)16)11-3-2-8-18-11/h2-8,12,15H,1H3,(H2,14,16). The fourth-order valence-electron chi connectivity index (χ4n) is 1.59. The molecule has 3 N–H and O–H groups in total. The molecule has 1 amide bonds. The lowest BCUT2D eigenvalue weighted by Crippen LogP contribution is -2.26. The summed E-state index contributed by atoms with van der Waals surface area (Å²) < 4.78 is 5.08. The van der Waals surface area contributed by atoms with Crippen molar-refractivity contribution in [3.05, 3.63) is 46.7 Å². The van der Waals surface area contributed by atoms with Crippen LogP contribution in [0.5, 0.6) is 5.75 Å². The van der Waals surface area contributed by atoms with Gasteiger partial charge in [0.05, 0.1) is 7.11 Å². The van der Waals surface area contributed by atoms with Crippen LogP contribution in [0, 0.1) is 0 Å². The molecule has 1 unspecified atom stereocenters. The van der Waals surface area contributed by atoms with Crippen molar-refractivity contribution in [1.82, 2.24) is 0 Å². The Morgan fingerprint density at radius 3 is 2.56 bits per heavy atom. The first-order chi connectivity index (χ1) is 8.70. The zero-order valence-electron chi connectivity index (χ0n) is 9.92. The average molecular weight is 262 g/mol. The first kappa shape index (κ1) is 12.4. The highest BCUT2D eigenvalue weighted by atomic mass is 32.1. The second-order valence-corrected chi connectivity index (χ2v) is 4.70. The maximum atomic E-state index is 11.5. The third kappa shape index (κ3) is 2.81. The quantitative estimate of drug-likeness (QED) is 0.869. The Kier molecular flexibility index (Phi) is 3.84. The van der Waals surface area contributed by atoms with Gasteiger partial charge in [-0.1, -0.05) is 6.07 Å². The number of methoxy groups -OCH3 is 1. The van der Waals surface area contributed by atoms with Crippen molar-refractivity contribution in [3.63, 3.8) is 0 Å². The van der Waals surface area contributed by atoms with Crippen LogP contribution in [0.4, 0.5) is 5.69 Å². The van der Waals surface area contributed by atoms with E-state index in [4.69, 9.17) is 10.5 Å². The van der Waals surface area contributed by atoms with Gasteiger partial charge in [0.1, 0.15) is 11.8 Å². The number of benzene rings is 1. The molecule has 0 bridgehead atoms. The molecule has 1 aromatic carbocycles. The number of nitrogens with two attached hydrogens (primary N) is 1. The van der Waals surface area contributed by atoms with Crippen LogP contribution in [0.3, 0.4) is 0 Å². The summed E-state index contributed by atoms with van der Waals surface area (Å²) in [5.41, 5.74) is 6.24. The molecular weight excluding hydrogens is 248 g/mol. The Labute approximate surface area is 109 Å². The lowest BCUT2D eigenvalue weighted by Gasteiger charge is -2.15. The van der Waals surface area contributed by atoms with Gasteiger partial charge in [-0.15, -0.1) is 11.3 Å². The molecule has 2 aromatic rings. The van der Waals surface area contributed by atoms with Gasteiger partial charge in [0.2, 0.25) is 5.91 Å². The number of amides is 1. The largest absolute Gasteiger partial charge is 0.497 e. The van der Waals surface area contributed by atoms with E-state index in [1.807, 2.05) is 41.8 Å². The number of thiophene rings is 1. The van der Waals surface area contributed by atoms with Crippen molar-refractivity contribution in [2.45, 2.75) is 6.04 Å². The van der Waals surface area contributed by atoms with E-state index in [1.165, 1.54) is 11.3 Å². The normalized spacial score (nSPS) is 11.8. The fraction of sp³-hybridized carbons (Fsp3) is 0.154. The first-order valence-corrected chi connectivity index (χ1v) is 6.32. The summed E-state index contributed by atoms with van der Waals surface area (Å²) in [5.74, 6) is 0.376. The number of anilines is 1. The number of primary amides is 1. The number of rotatable bonds is 5. The van der Waals surface area contributed by atoms with Crippen LogP contribution in [0.15, 0.2) is 41.8 Å². The molecule has 0 aliphatic rings. The molecule has 0 radical (unpaired) electrons. The number of carbonyl (C=O) groups excluding carboxylic acids is 1. The van der Waals surface area contributed by atoms with Crippen molar-refractivity contribution in [2.24, 2.45) is 5.73 Å². The van der Waals surface area contributed by atoms with E-state index in [-0.39, 0.29) is 0 Å². The van der Waals surface area contributed by atoms with Crippen LogP contribution in [-0.2, 0) is 4.79 Å². The van der Waals surface area contributed by atoms with Gasteiger partial charge in [-0.05, 0) is 35.7 Å². The molecule has 1 atom stereocenters. The molecule has 5 heteroatoms. The van der Waals surface area contributed by atoms with E-state index in [2.05, 4.69) is 5.32 Å². The molecular formula is C13H14N2O2S. The summed E-state index contributed by atoms with van der Waals surface area (Å²) in [7, 11) is 1.61. The average Bonchev–Trinajstić information content (AvgIpc) is 2.90. The van der Waals surface area contributed by atoms with Crippen LogP contribution in [0.1, 0.15) is 10.9 Å². The molecule has 94 valence electrons. The smallest absolute Gasteiger partial charge is 0.245 e. The molecule has 0 saturated heterocycles. The summed E-state index contributed by atoms with van der Waals surface area (Å²) in [4.78, 5) is 12.4. The zero-order valence-corrected chi connectivity index (χ0v) is 10.7. The van der Waals surface area contributed by atoms with Crippen LogP contribution in [0.2, 0.25) is 0 Å². The summed E-state index contributed by atoms with van der Waals surface area (Å²) in [6.45, 7) is 0. The maximum absolute atomic E-state index is 11.5. The van der Waals surface area contributed by atoms with E-state index < -0.39 is 11.9 Å². The van der Waals surface area contributed by atoms with E-state index >= 15 is 0 Å². The molecule has 1 heterocycles. The third-order valence-electron chi connectivity index (χ3n) is 2.51. The Hall–Kier alpha value is -2.01. The number of hydrogen-bond donors (Lipinski definition) is 2. The Bertz CT molecular complexity index is 508. The summed E-state index contributed by atoms with van der Waals surface area (Å²) >= 11 is 1.50. The van der Waals surface area contributed by atoms with E-state index in [0.717, 1.165) is 16.3 Å². The predicted molar refractivity (Wildman–Crippen MR) is 72.9 cm³/mol. The maximum Gasteiger partial charge on any atom is 0.245 e. The van der Waals surface area contributed by atoms with Crippen LogP contribution >= 0.6 is 11.3 Å². The van der Waals surface area contributed by atoms with Gasteiger partial charge >= 0.3 is 0 Å². The number of nitrogens with one attached hydrogen (secondary N) is 1. The topological polar surface area (TPSA) is 64.3 Å². The minimum absolute atomic E-state index is 0.395. The van der Waals surface area contributed by atoms with Crippen LogP contribution in [0.25, 0.3) is 0 Å². The highest BCUT2D eigenvalue weighted by Crippen LogP contribution is 2.24. The molecule has 0 saturated carbocycles.